The van der Waals surface area contributed by atoms with Crippen molar-refractivity contribution in [1.29, 1.82) is 0 Å². The lowest BCUT2D eigenvalue weighted by molar-refractivity contribution is 0.352. The number of hydrogen-bond acceptors (Lipinski definition) is 0. The van der Waals surface area contributed by atoms with Crippen molar-refractivity contribution in [3.05, 3.63) is 177 Å². The molecule has 1 atom stereocenters. The Morgan fingerprint density at radius 3 is 1.81 bits per heavy atom. The minimum absolute atomic E-state index is 0.173. The molecule has 0 radical (unpaired) electrons. The maximum Gasteiger partial charge on any atom is 0.0279 e. The van der Waals surface area contributed by atoms with Crippen LogP contribution in [-0.4, -0.2) is 0 Å². The third-order valence-electron chi connectivity index (χ3n) is 14.6. The van der Waals surface area contributed by atoms with E-state index in [1.165, 1.54) is 136 Å². The Kier molecular flexibility index (Phi) is 6.15. The molecule has 0 aromatic heterocycles. The summed E-state index contributed by atoms with van der Waals surface area (Å²) in [4.78, 5) is 0. The quantitative estimate of drug-likeness (QED) is 0.172. The predicted octanol–water partition coefficient (Wildman–Crippen LogP) is 13.4. The van der Waals surface area contributed by atoms with Crippen molar-refractivity contribution in [2.24, 2.45) is 0 Å². The number of rotatable bonds is 2. The van der Waals surface area contributed by atoms with Crippen LogP contribution in [0.3, 0.4) is 0 Å². The molecular formula is C52H44. The van der Waals surface area contributed by atoms with Gasteiger partial charge in [0, 0.05) is 16.7 Å². The van der Waals surface area contributed by atoms with Gasteiger partial charge in [0.15, 0.2) is 0 Å². The molecule has 0 heterocycles. The number of benzene rings is 6. The van der Waals surface area contributed by atoms with Crippen LogP contribution in [0.4, 0.5) is 0 Å². The van der Waals surface area contributed by atoms with Gasteiger partial charge in [0.05, 0.1) is 0 Å². The Morgan fingerprint density at radius 1 is 0.481 bits per heavy atom. The maximum atomic E-state index is 2.63. The Morgan fingerprint density at radius 2 is 1.10 bits per heavy atom. The van der Waals surface area contributed by atoms with E-state index in [9.17, 15) is 0 Å². The van der Waals surface area contributed by atoms with E-state index in [0.29, 0.717) is 0 Å². The zero-order chi connectivity index (χ0) is 34.0. The van der Waals surface area contributed by atoms with Crippen molar-refractivity contribution < 1.29 is 0 Å². The summed E-state index contributed by atoms with van der Waals surface area (Å²) in [5.74, 6) is 0.255. The molecular weight excluding hydrogens is 625 g/mol. The number of allylic oxidation sites excluding steroid dienone is 2. The average Bonchev–Trinajstić information content (AvgIpc) is 3.62. The molecule has 6 aliphatic carbocycles. The van der Waals surface area contributed by atoms with Crippen LogP contribution in [0.5, 0.6) is 0 Å². The van der Waals surface area contributed by atoms with Gasteiger partial charge in [-0.15, -0.1) is 0 Å². The Bertz CT molecular complexity index is 2560. The second-order valence-electron chi connectivity index (χ2n) is 16.9. The highest BCUT2D eigenvalue weighted by atomic mass is 14.5. The average molecular weight is 669 g/mol. The molecule has 12 rings (SSSR count). The van der Waals surface area contributed by atoms with Gasteiger partial charge in [-0.2, -0.15) is 0 Å². The van der Waals surface area contributed by atoms with Gasteiger partial charge in [-0.25, -0.2) is 0 Å². The van der Waals surface area contributed by atoms with Crippen molar-refractivity contribution in [3.63, 3.8) is 0 Å². The maximum absolute atomic E-state index is 2.63. The van der Waals surface area contributed by atoms with Crippen LogP contribution < -0.4 is 0 Å². The van der Waals surface area contributed by atoms with E-state index >= 15 is 0 Å². The summed E-state index contributed by atoms with van der Waals surface area (Å²) in [5, 5.41) is 2.96. The molecule has 6 aliphatic rings. The largest absolute Gasteiger partial charge is 0.0720 e. The second-order valence-corrected chi connectivity index (χ2v) is 16.9. The van der Waals surface area contributed by atoms with E-state index < -0.39 is 0 Å². The van der Waals surface area contributed by atoms with Gasteiger partial charge in [-0.1, -0.05) is 160 Å². The number of hydrogen-bond donors (Lipinski definition) is 0. The molecule has 2 spiro atoms. The van der Waals surface area contributed by atoms with Gasteiger partial charge >= 0.3 is 0 Å². The van der Waals surface area contributed by atoms with Crippen molar-refractivity contribution in [1.82, 2.24) is 0 Å². The molecule has 0 N–H and O–H groups in total. The second kappa shape index (κ2) is 10.8. The van der Waals surface area contributed by atoms with Crippen molar-refractivity contribution >= 4 is 22.4 Å². The molecule has 6 aromatic rings. The van der Waals surface area contributed by atoms with Gasteiger partial charge in [-0.05, 0) is 132 Å². The molecule has 0 nitrogen and oxygen atoms in total. The monoisotopic (exact) mass is 668 g/mol. The molecule has 252 valence electrons. The highest BCUT2D eigenvalue weighted by Crippen LogP contribution is 2.58. The van der Waals surface area contributed by atoms with E-state index in [4.69, 9.17) is 0 Å². The molecule has 2 saturated carbocycles. The van der Waals surface area contributed by atoms with Gasteiger partial charge < -0.3 is 0 Å². The molecule has 0 heteroatoms. The minimum atomic E-state index is 0.173. The molecule has 0 saturated heterocycles. The molecule has 6 aromatic carbocycles. The molecule has 52 heavy (non-hydrogen) atoms. The first-order valence-corrected chi connectivity index (χ1v) is 20.2. The third-order valence-corrected chi connectivity index (χ3v) is 14.6. The lowest BCUT2D eigenvalue weighted by Gasteiger charge is -2.36. The van der Waals surface area contributed by atoms with Gasteiger partial charge in [0.25, 0.3) is 0 Å². The summed E-state index contributed by atoms with van der Waals surface area (Å²) in [6.45, 7) is 0. The van der Waals surface area contributed by atoms with E-state index in [0.717, 1.165) is 6.42 Å². The fraction of sp³-hybridized carbons (Fsp3) is 0.269. The summed E-state index contributed by atoms with van der Waals surface area (Å²) < 4.78 is 0. The van der Waals surface area contributed by atoms with Crippen LogP contribution in [0.2, 0.25) is 0 Å². The summed E-state index contributed by atoms with van der Waals surface area (Å²) in [6, 6.07) is 43.4. The predicted molar refractivity (Wildman–Crippen MR) is 217 cm³/mol. The molecule has 0 bridgehead atoms. The zero-order valence-electron chi connectivity index (χ0n) is 30.0. The third kappa shape index (κ3) is 3.83. The minimum Gasteiger partial charge on any atom is -0.0720 e. The van der Waals surface area contributed by atoms with Crippen LogP contribution in [0, 0.1) is 0 Å². The highest BCUT2D eigenvalue weighted by Gasteiger charge is 2.45. The first kappa shape index (κ1) is 29.6. The lowest BCUT2D eigenvalue weighted by Crippen LogP contribution is -2.28. The fourth-order valence-electron chi connectivity index (χ4n) is 12.3. The van der Waals surface area contributed by atoms with Gasteiger partial charge in [-0.3, -0.25) is 0 Å². The van der Waals surface area contributed by atoms with Crippen LogP contribution in [0.15, 0.2) is 121 Å². The lowest BCUT2D eigenvalue weighted by atomic mass is 9.67. The SMILES string of the molecule is C1=CC(c2ccc3c(c2)C2(CCCCC2)c2ccccc2-3)c2ccc3c4c(ccc1c24)C(c1ccc2c(c1)C1(CCCCC1)c1ccccc1-2)=CC3. The Balaban J connectivity index is 0.980. The van der Waals surface area contributed by atoms with Crippen LogP contribution in [0.25, 0.3) is 44.7 Å². The smallest absolute Gasteiger partial charge is 0.0279 e. The van der Waals surface area contributed by atoms with Gasteiger partial charge in [0.1, 0.15) is 0 Å². The summed E-state index contributed by atoms with van der Waals surface area (Å²) in [6.07, 6.45) is 21.5. The molecule has 2 fully saturated rings. The molecule has 1 unspecified atom stereocenters. The van der Waals surface area contributed by atoms with Crippen molar-refractivity contribution in [3.8, 4) is 22.3 Å². The van der Waals surface area contributed by atoms with E-state index in [-0.39, 0.29) is 16.7 Å². The molecule has 0 aliphatic heterocycles. The summed E-state index contributed by atoms with van der Waals surface area (Å²) in [5.41, 5.74) is 22.5. The standard InChI is InChI=1S/C52H44/c1-7-27-51(28-8-1)45-13-5-3-11-39(45)41-23-19-35(31-47(41)51)37-21-15-33-18-26-44-38(22-16-34-17-25-43(37)49(33)50(34)44)36-20-24-42-40-12-4-6-14-46(40)52(48(42)32-36)29-9-2-10-30-52/h3-6,11-15,17-26,31-32,37H,1-2,7-10,16,27-30H2. The van der Waals surface area contributed by atoms with Crippen LogP contribution >= 0.6 is 0 Å². The first-order chi connectivity index (χ1) is 25.7. The Labute approximate surface area is 307 Å². The summed E-state index contributed by atoms with van der Waals surface area (Å²) in [7, 11) is 0. The topological polar surface area (TPSA) is 0 Å². The van der Waals surface area contributed by atoms with E-state index in [1.807, 2.05) is 0 Å². The normalized spacial score (nSPS) is 20.8. The van der Waals surface area contributed by atoms with Crippen LogP contribution in [0.1, 0.15) is 126 Å². The van der Waals surface area contributed by atoms with Crippen LogP contribution in [-0.2, 0) is 17.3 Å². The fourth-order valence-corrected chi connectivity index (χ4v) is 12.3. The Hall–Kier alpha value is -4.94. The number of fused-ring (bicyclic) bond motifs is 10. The first-order valence-electron chi connectivity index (χ1n) is 20.2. The van der Waals surface area contributed by atoms with Gasteiger partial charge in [0.2, 0.25) is 0 Å². The summed E-state index contributed by atoms with van der Waals surface area (Å²) >= 11 is 0. The van der Waals surface area contributed by atoms with Crippen molar-refractivity contribution in [2.75, 3.05) is 0 Å². The van der Waals surface area contributed by atoms with E-state index in [1.54, 1.807) is 22.3 Å². The van der Waals surface area contributed by atoms with Crippen molar-refractivity contribution in [2.45, 2.75) is 87.4 Å². The highest BCUT2D eigenvalue weighted by molar-refractivity contribution is 6.07. The molecule has 0 amide bonds. The van der Waals surface area contributed by atoms with E-state index in [2.05, 4.69) is 127 Å². The zero-order valence-corrected chi connectivity index (χ0v) is 30.0.